The van der Waals surface area contributed by atoms with Crippen LogP contribution < -0.4 is 0 Å². The van der Waals surface area contributed by atoms with Gasteiger partial charge in [0.05, 0.1) is 11.5 Å². The van der Waals surface area contributed by atoms with Gasteiger partial charge in [-0.05, 0) is 67.9 Å². The van der Waals surface area contributed by atoms with Gasteiger partial charge in [-0.1, -0.05) is 31.2 Å². The van der Waals surface area contributed by atoms with E-state index in [-0.39, 0.29) is 36.3 Å². The van der Waals surface area contributed by atoms with Crippen LogP contribution >= 0.6 is 0 Å². The molecule has 1 amide bonds. The average molecular weight is 553 g/mol. The third-order valence-corrected chi connectivity index (χ3v) is 10.8. The van der Waals surface area contributed by atoms with Gasteiger partial charge in [0.15, 0.2) is 0 Å². The minimum Gasteiger partial charge on any atom is -0.338 e. The molecule has 3 aliphatic rings. The lowest BCUT2D eigenvalue weighted by atomic mass is 9.63. The second kappa shape index (κ2) is 9.03. The molecule has 3 atom stereocenters. The van der Waals surface area contributed by atoms with Crippen LogP contribution in [-0.4, -0.2) is 54.5 Å². The molecule has 0 bridgehead atoms. The van der Waals surface area contributed by atoms with Crippen molar-refractivity contribution < 1.29 is 30.8 Å². The van der Waals surface area contributed by atoms with E-state index in [1.165, 1.54) is 12.1 Å². The van der Waals surface area contributed by atoms with Crippen LogP contribution in [0.4, 0.5) is 17.6 Å². The summed E-state index contributed by atoms with van der Waals surface area (Å²) in [5, 5.41) is 0. The number of likely N-dealkylation sites (tertiary alicyclic amines) is 1. The number of carbonyl (C=O) groups excluding carboxylic acids is 1. The lowest BCUT2D eigenvalue weighted by Crippen LogP contribution is -2.53. The molecule has 3 unspecified atom stereocenters. The number of aryl methyl sites for hydroxylation is 1. The normalized spacial score (nSPS) is 27.7. The Morgan fingerprint density at radius 3 is 2.45 bits per heavy atom. The molecule has 0 saturated carbocycles. The van der Waals surface area contributed by atoms with Crippen LogP contribution in [0.5, 0.6) is 0 Å². The van der Waals surface area contributed by atoms with Crippen molar-refractivity contribution in [1.82, 2.24) is 9.88 Å². The Hall–Kier alpha value is -2.49. The topological polar surface area (TPSA) is 67.3 Å². The number of halogens is 4. The number of benzene rings is 1. The Morgan fingerprint density at radius 1 is 1.11 bits per heavy atom. The van der Waals surface area contributed by atoms with Gasteiger partial charge < -0.3 is 4.90 Å². The highest BCUT2D eigenvalue weighted by molar-refractivity contribution is 7.91. The Morgan fingerprint density at radius 2 is 1.82 bits per heavy atom. The summed E-state index contributed by atoms with van der Waals surface area (Å²) in [5.41, 5.74) is -2.93. The Labute approximate surface area is 220 Å². The number of nitrogens with zero attached hydrogens (tertiary/aromatic N) is 2. The van der Waals surface area contributed by atoms with Crippen molar-refractivity contribution in [2.24, 2.45) is 5.41 Å². The van der Waals surface area contributed by atoms with E-state index in [0.717, 1.165) is 11.3 Å². The van der Waals surface area contributed by atoms with Crippen molar-refractivity contribution >= 4 is 15.7 Å². The van der Waals surface area contributed by atoms with E-state index in [2.05, 4.69) is 4.98 Å². The Bertz CT molecular complexity index is 1330. The van der Waals surface area contributed by atoms with Gasteiger partial charge in [-0.15, -0.1) is 0 Å². The van der Waals surface area contributed by atoms with Crippen molar-refractivity contribution in [3.63, 3.8) is 0 Å². The molecular weight excluding hydrogens is 520 g/mol. The molecule has 3 heterocycles. The SMILES string of the molecule is CC1(C(=O)N2CCC3(Cc4ccccn4)c4ccc(C(C)(F)C(F)(F)F)cc4CCC23)CCS(=O)(=O)CC1. The maximum absolute atomic E-state index is 14.9. The molecule has 2 fully saturated rings. The molecule has 206 valence electrons. The summed E-state index contributed by atoms with van der Waals surface area (Å²) in [6.45, 7) is 2.85. The summed E-state index contributed by atoms with van der Waals surface area (Å²) in [6, 6.07) is 9.55. The molecule has 2 aliphatic heterocycles. The zero-order valence-corrected chi connectivity index (χ0v) is 22.3. The molecule has 10 heteroatoms. The first-order chi connectivity index (χ1) is 17.7. The quantitative estimate of drug-likeness (QED) is 0.497. The smallest absolute Gasteiger partial charge is 0.338 e. The van der Waals surface area contributed by atoms with E-state index < -0.39 is 38.1 Å². The first-order valence-corrected chi connectivity index (χ1v) is 14.8. The summed E-state index contributed by atoms with van der Waals surface area (Å²) in [7, 11) is -3.14. The molecule has 1 aromatic carbocycles. The predicted octanol–water partition coefficient (Wildman–Crippen LogP) is 5.07. The third-order valence-electron chi connectivity index (χ3n) is 9.15. The van der Waals surface area contributed by atoms with Gasteiger partial charge in [-0.25, -0.2) is 12.8 Å². The number of amides is 1. The van der Waals surface area contributed by atoms with Crippen LogP contribution in [0.1, 0.15) is 61.9 Å². The van der Waals surface area contributed by atoms with E-state index >= 15 is 0 Å². The molecule has 38 heavy (non-hydrogen) atoms. The number of alkyl halides is 4. The first-order valence-electron chi connectivity index (χ1n) is 13.0. The summed E-state index contributed by atoms with van der Waals surface area (Å²) in [5.74, 6) is -0.0898. The lowest BCUT2D eigenvalue weighted by Gasteiger charge is -2.46. The highest BCUT2D eigenvalue weighted by atomic mass is 32.2. The number of pyridine rings is 1. The van der Waals surface area contributed by atoms with E-state index in [0.29, 0.717) is 44.7 Å². The number of sulfone groups is 1. The molecule has 0 radical (unpaired) electrons. The molecule has 1 aliphatic carbocycles. The molecule has 2 aromatic rings. The largest absolute Gasteiger partial charge is 0.426 e. The van der Waals surface area contributed by atoms with Crippen LogP contribution in [0.3, 0.4) is 0 Å². The maximum Gasteiger partial charge on any atom is 0.426 e. The van der Waals surface area contributed by atoms with Gasteiger partial charge in [-0.3, -0.25) is 9.78 Å². The van der Waals surface area contributed by atoms with E-state index in [1.54, 1.807) is 18.3 Å². The molecule has 2 saturated heterocycles. The average Bonchev–Trinajstić information content (AvgIpc) is 3.24. The number of fused-ring (bicyclic) bond motifs is 3. The predicted molar refractivity (Wildman–Crippen MR) is 135 cm³/mol. The lowest BCUT2D eigenvalue weighted by molar-refractivity contribution is -0.228. The van der Waals surface area contributed by atoms with Gasteiger partial charge >= 0.3 is 6.18 Å². The van der Waals surface area contributed by atoms with Gasteiger partial charge in [0.2, 0.25) is 11.6 Å². The first kappa shape index (κ1) is 27.1. The van der Waals surface area contributed by atoms with E-state index in [9.17, 15) is 30.8 Å². The summed E-state index contributed by atoms with van der Waals surface area (Å²) in [4.78, 5) is 20.3. The van der Waals surface area contributed by atoms with Gasteiger partial charge in [0.25, 0.3) is 0 Å². The zero-order chi connectivity index (χ0) is 27.6. The molecule has 0 spiro atoms. The molecule has 1 aromatic heterocycles. The number of rotatable bonds is 4. The van der Waals surface area contributed by atoms with Crippen LogP contribution in [0.2, 0.25) is 0 Å². The minimum atomic E-state index is -5.04. The molecule has 0 N–H and O–H groups in total. The van der Waals surface area contributed by atoms with Crippen molar-refractivity contribution in [2.45, 2.75) is 75.7 Å². The summed E-state index contributed by atoms with van der Waals surface area (Å²) in [6.07, 6.45) is -0.775. The zero-order valence-electron chi connectivity index (χ0n) is 21.5. The number of aromatic nitrogens is 1. The summed E-state index contributed by atoms with van der Waals surface area (Å²) >= 11 is 0. The minimum absolute atomic E-state index is 0.0142. The van der Waals surface area contributed by atoms with Crippen LogP contribution in [0, 0.1) is 5.41 Å². The van der Waals surface area contributed by atoms with Crippen molar-refractivity contribution in [1.29, 1.82) is 0 Å². The van der Waals surface area contributed by atoms with Crippen LogP contribution in [0.25, 0.3) is 0 Å². The Balaban J connectivity index is 1.54. The fraction of sp³-hybridized carbons (Fsp3) is 0.571. The van der Waals surface area contributed by atoms with Crippen molar-refractivity contribution in [2.75, 3.05) is 18.1 Å². The second-order valence-electron chi connectivity index (χ2n) is 11.5. The highest BCUT2D eigenvalue weighted by Crippen LogP contribution is 2.52. The highest BCUT2D eigenvalue weighted by Gasteiger charge is 2.57. The fourth-order valence-corrected chi connectivity index (χ4v) is 8.37. The fourth-order valence-electron chi connectivity index (χ4n) is 6.64. The maximum atomic E-state index is 14.9. The summed E-state index contributed by atoms with van der Waals surface area (Å²) < 4.78 is 79.3. The Kier molecular flexibility index (Phi) is 6.44. The van der Waals surface area contributed by atoms with Crippen molar-refractivity contribution in [3.8, 4) is 0 Å². The molecular formula is C28H32F4N2O3S. The number of hydrogen-bond acceptors (Lipinski definition) is 4. The van der Waals surface area contributed by atoms with Crippen LogP contribution in [0.15, 0.2) is 42.6 Å². The van der Waals surface area contributed by atoms with Crippen molar-refractivity contribution in [3.05, 3.63) is 65.0 Å². The number of hydrogen-bond donors (Lipinski definition) is 0. The van der Waals surface area contributed by atoms with E-state index in [1.807, 2.05) is 24.0 Å². The standard InChI is InChI=1S/C28H32F4N2O3S/c1-25(11-15-38(36,37)16-12-25)24(35)34-14-10-27(18-21-5-3-4-13-33-21)22-8-7-20(26(2,29)28(30,31)32)17-19(22)6-9-23(27)34/h3-5,7-8,13,17,23H,6,9-12,14-16,18H2,1-2H3. The van der Waals surface area contributed by atoms with Gasteiger partial charge in [-0.2, -0.15) is 13.2 Å². The third kappa shape index (κ3) is 4.42. The molecule has 5 nitrogen and oxygen atoms in total. The van der Waals surface area contributed by atoms with E-state index in [4.69, 9.17) is 0 Å². The van der Waals surface area contributed by atoms with Crippen LogP contribution in [-0.2, 0) is 38.6 Å². The number of carbonyl (C=O) groups is 1. The second-order valence-corrected chi connectivity index (χ2v) is 13.8. The van der Waals surface area contributed by atoms with Gasteiger partial charge in [0.1, 0.15) is 9.84 Å². The van der Waals surface area contributed by atoms with Gasteiger partial charge in [0, 0.05) is 41.7 Å². The molecule has 5 rings (SSSR count). The monoisotopic (exact) mass is 552 g/mol.